The van der Waals surface area contributed by atoms with E-state index in [0.29, 0.717) is 33.1 Å². The maximum Gasteiger partial charge on any atom is 0.311 e. The fourth-order valence-corrected chi connectivity index (χ4v) is 2.56. The average Bonchev–Trinajstić information content (AvgIpc) is 3.06. The van der Waals surface area contributed by atoms with Crippen molar-refractivity contribution in [3.05, 3.63) is 69.6 Å². The van der Waals surface area contributed by atoms with Gasteiger partial charge in [-0.1, -0.05) is 34.8 Å². The van der Waals surface area contributed by atoms with E-state index in [4.69, 9.17) is 44.0 Å². The molecule has 0 radical (unpaired) electrons. The third kappa shape index (κ3) is 4.75. The van der Waals surface area contributed by atoms with Crippen LogP contribution in [-0.4, -0.2) is 11.0 Å². The van der Waals surface area contributed by atoms with E-state index in [2.05, 4.69) is 4.98 Å². The van der Waals surface area contributed by atoms with Crippen molar-refractivity contribution in [2.45, 2.75) is 12.8 Å². The van der Waals surface area contributed by atoms with E-state index in [1.807, 2.05) is 12.1 Å². The zero-order valence-corrected chi connectivity index (χ0v) is 15.1. The Morgan fingerprint density at radius 2 is 1.76 bits per heavy atom. The molecule has 25 heavy (non-hydrogen) atoms. The average molecular weight is 397 g/mol. The van der Waals surface area contributed by atoms with Crippen LogP contribution in [0.1, 0.15) is 12.3 Å². The quantitative estimate of drug-likeness (QED) is 0.401. The summed E-state index contributed by atoms with van der Waals surface area (Å²) in [5, 5.41) is 1.40. The van der Waals surface area contributed by atoms with E-state index in [9.17, 15) is 4.79 Å². The molecule has 3 aromatic rings. The van der Waals surface area contributed by atoms with E-state index >= 15 is 0 Å². The minimum absolute atomic E-state index is 0.101. The van der Waals surface area contributed by atoms with Crippen molar-refractivity contribution in [2.75, 3.05) is 0 Å². The molecule has 0 saturated carbocycles. The normalized spacial score (nSPS) is 10.7. The standard InChI is InChI=1S/C18H12Cl3NO3/c19-12-3-1-11(2-4-12)16-10-22-17(24-16)7-8-18(23)25-15-9-13(20)5-6-14(15)21/h1-6,9-10H,7-8H2. The van der Waals surface area contributed by atoms with Crippen LogP contribution in [0.2, 0.25) is 15.1 Å². The number of aryl methyl sites for hydroxylation is 1. The molecule has 0 unspecified atom stereocenters. The highest BCUT2D eigenvalue weighted by molar-refractivity contribution is 6.34. The van der Waals surface area contributed by atoms with Gasteiger partial charge >= 0.3 is 5.97 Å². The van der Waals surface area contributed by atoms with E-state index in [1.54, 1.807) is 30.5 Å². The number of carbonyl (C=O) groups excluding carboxylic acids is 1. The van der Waals surface area contributed by atoms with Crippen LogP contribution in [0.5, 0.6) is 5.75 Å². The molecule has 0 aliphatic heterocycles. The summed E-state index contributed by atoms with van der Waals surface area (Å²) in [7, 11) is 0. The molecule has 128 valence electrons. The molecule has 0 amide bonds. The van der Waals surface area contributed by atoms with E-state index in [1.165, 1.54) is 6.07 Å². The van der Waals surface area contributed by atoms with Crippen molar-refractivity contribution >= 4 is 40.8 Å². The van der Waals surface area contributed by atoms with Gasteiger partial charge in [-0.15, -0.1) is 0 Å². The zero-order chi connectivity index (χ0) is 17.8. The van der Waals surface area contributed by atoms with E-state index in [-0.39, 0.29) is 12.2 Å². The third-order valence-electron chi connectivity index (χ3n) is 3.34. The number of benzene rings is 2. The predicted molar refractivity (Wildman–Crippen MR) is 97.4 cm³/mol. The number of aromatic nitrogens is 1. The van der Waals surface area contributed by atoms with Crippen LogP contribution < -0.4 is 4.74 Å². The topological polar surface area (TPSA) is 52.3 Å². The van der Waals surface area contributed by atoms with Gasteiger partial charge in [-0.3, -0.25) is 4.79 Å². The van der Waals surface area contributed by atoms with Gasteiger partial charge < -0.3 is 9.15 Å². The van der Waals surface area contributed by atoms with Crippen LogP contribution in [0.25, 0.3) is 11.3 Å². The van der Waals surface area contributed by atoms with Gasteiger partial charge in [-0.05, 0) is 36.4 Å². The molecule has 0 atom stereocenters. The van der Waals surface area contributed by atoms with Gasteiger partial charge in [0, 0.05) is 28.1 Å². The maximum atomic E-state index is 12.0. The van der Waals surface area contributed by atoms with Crippen LogP contribution in [0.3, 0.4) is 0 Å². The fraction of sp³-hybridized carbons (Fsp3) is 0.111. The molecule has 0 saturated heterocycles. The lowest BCUT2D eigenvalue weighted by molar-refractivity contribution is -0.134. The first kappa shape index (κ1) is 17.8. The van der Waals surface area contributed by atoms with Crippen molar-refractivity contribution < 1.29 is 13.9 Å². The van der Waals surface area contributed by atoms with Crippen molar-refractivity contribution in [3.63, 3.8) is 0 Å². The molecular formula is C18H12Cl3NO3. The monoisotopic (exact) mass is 395 g/mol. The lowest BCUT2D eigenvalue weighted by Crippen LogP contribution is -2.09. The Bertz CT molecular complexity index is 891. The highest BCUT2D eigenvalue weighted by Crippen LogP contribution is 2.28. The first-order valence-electron chi connectivity index (χ1n) is 7.37. The van der Waals surface area contributed by atoms with Crippen LogP contribution in [0, 0.1) is 0 Å². The lowest BCUT2D eigenvalue weighted by Gasteiger charge is -2.05. The molecule has 7 heteroatoms. The van der Waals surface area contributed by atoms with Crippen molar-refractivity contribution in [2.24, 2.45) is 0 Å². The van der Waals surface area contributed by atoms with Crippen molar-refractivity contribution in [1.82, 2.24) is 4.98 Å². The summed E-state index contributed by atoms with van der Waals surface area (Å²) in [5.74, 6) is 0.834. The van der Waals surface area contributed by atoms with E-state index < -0.39 is 5.97 Å². The Labute approximate surface area is 159 Å². The molecule has 0 aliphatic carbocycles. The molecular weight excluding hydrogens is 385 g/mol. The summed E-state index contributed by atoms with van der Waals surface area (Å²) in [6, 6.07) is 11.9. The molecule has 0 fully saturated rings. The lowest BCUT2D eigenvalue weighted by atomic mass is 10.2. The second-order valence-corrected chi connectivity index (χ2v) is 6.45. The Balaban J connectivity index is 1.59. The van der Waals surface area contributed by atoms with Gasteiger partial charge in [0.2, 0.25) is 0 Å². The fourth-order valence-electron chi connectivity index (χ4n) is 2.11. The van der Waals surface area contributed by atoms with Gasteiger partial charge in [0.05, 0.1) is 17.6 Å². The maximum absolute atomic E-state index is 12.0. The van der Waals surface area contributed by atoms with Crippen molar-refractivity contribution in [1.29, 1.82) is 0 Å². The number of oxazole rings is 1. The molecule has 0 spiro atoms. The molecule has 0 bridgehead atoms. The summed E-state index contributed by atoms with van der Waals surface area (Å²) in [6.07, 6.45) is 2.02. The number of esters is 1. The molecule has 0 N–H and O–H groups in total. The molecule has 3 rings (SSSR count). The Kier molecular flexibility index (Phi) is 5.63. The molecule has 1 heterocycles. The predicted octanol–water partition coefficient (Wildman–Crippen LogP) is 5.84. The van der Waals surface area contributed by atoms with Crippen LogP contribution >= 0.6 is 34.8 Å². The van der Waals surface area contributed by atoms with Gasteiger partial charge in [-0.2, -0.15) is 0 Å². The number of nitrogens with zero attached hydrogens (tertiary/aromatic N) is 1. The third-order valence-corrected chi connectivity index (χ3v) is 4.14. The van der Waals surface area contributed by atoms with Gasteiger partial charge in [0.15, 0.2) is 17.4 Å². The van der Waals surface area contributed by atoms with Gasteiger partial charge in [0.25, 0.3) is 0 Å². The van der Waals surface area contributed by atoms with Gasteiger partial charge in [-0.25, -0.2) is 4.98 Å². The minimum atomic E-state index is -0.449. The molecule has 1 aromatic heterocycles. The zero-order valence-electron chi connectivity index (χ0n) is 12.8. The first-order valence-corrected chi connectivity index (χ1v) is 8.51. The van der Waals surface area contributed by atoms with Crippen molar-refractivity contribution in [3.8, 4) is 17.1 Å². The minimum Gasteiger partial charge on any atom is -0.441 e. The molecule has 4 nitrogen and oxygen atoms in total. The second kappa shape index (κ2) is 7.91. The smallest absolute Gasteiger partial charge is 0.311 e. The number of hydrogen-bond donors (Lipinski definition) is 0. The summed E-state index contributed by atoms with van der Waals surface area (Å²) in [6.45, 7) is 0. The summed E-state index contributed by atoms with van der Waals surface area (Å²) >= 11 is 17.7. The molecule has 0 aliphatic rings. The van der Waals surface area contributed by atoms with Crippen LogP contribution in [0.15, 0.2) is 53.1 Å². The number of ether oxygens (including phenoxy) is 1. The summed E-state index contributed by atoms with van der Waals surface area (Å²) < 4.78 is 10.9. The number of halogens is 3. The highest BCUT2D eigenvalue weighted by atomic mass is 35.5. The largest absolute Gasteiger partial charge is 0.441 e. The summed E-state index contributed by atoms with van der Waals surface area (Å²) in [4.78, 5) is 16.1. The number of rotatable bonds is 5. The van der Waals surface area contributed by atoms with Crippen LogP contribution in [0.4, 0.5) is 0 Å². The first-order chi connectivity index (χ1) is 12.0. The van der Waals surface area contributed by atoms with Gasteiger partial charge in [0.1, 0.15) is 0 Å². The molecule has 2 aromatic carbocycles. The highest BCUT2D eigenvalue weighted by Gasteiger charge is 2.12. The van der Waals surface area contributed by atoms with Crippen LogP contribution in [-0.2, 0) is 11.2 Å². The number of hydrogen-bond acceptors (Lipinski definition) is 4. The van der Waals surface area contributed by atoms with E-state index in [0.717, 1.165) is 5.56 Å². The Morgan fingerprint density at radius 3 is 2.52 bits per heavy atom. The Morgan fingerprint density at radius 1 is 1.04 bits per heavy atom. The number of carbonyl (C=O) groups is 1. The Hall–Kier alpha value is -2.01. The SMILES string of the molecule is O=C(CCc1ncc(-c2ccc(Cl)cc2)o1)Oc1cc(Cl)ccc1Cl. The summed E-state index contributed by atoms with van der Waals surface area (Å²) in [5.41, 5.74) is 0.858. The second-order valence-electron chi connectivity index (χ2n) is 5.17.